The van der Waals surface area contributed by atoms with Crippen molar-refractivity contribution in [2.45, 2.75) is 57.3 Å². The summed E-state index contributed by atoms with van der Waals surface area (Å²) < 4.78 is 77.5. The van der Waals surface area contributed by atoms with Crippen LogP contribution in [0.25, 0.3) is 22.3 Å². The van der Waals surface area contributed by atoms with Crippen molar-refractivity contribution in [2.24, 2.45) is 0 Å². The second-order valence-electron chi connectivity index (χ2n) is 9.85. The molecule has 3 aromatic rings. The smallest absolute Gasteiger partial charge is 0.351 e. The zero-order valence-corrected chi connectivity index (χ0v) is 22.1. The first-order valence-electron chi connectivity index (χ1n) is 12.2. The van der Waals surface area contributed by atoms with Crippen LogP contribution in [0.15, 0.2) is 30.5 Å². The zero-order valence-electron chi connectivity index (χ0n) is 21.3. The van der Waals surface area contributed by atoms with Gasteiger partial charge in [0.25, 0.3) is 0 Å². The average Bonchev–Trinajstić information content (AvgIpc) is 2.84. The van der Waals surface area contributed by atoms with E-state index in [2.05, 4.69) is 39.3 Å². The summed E-state index contributed by atoms with van der Waals surface area (Å²) in [5.74, 6) is -1.61. The van der Waals surface area contributed by atoms with E-state index < -0.39 is 39.9 Å². The largest absolute Gasteiger partial charge is 0.390 e. The molecule has 13 heteroatoms. The van der Waals surface area contributed by atoms with E-state index in [-0.39, 0.29) is 0 Å². The van der Waals surface area contributed by atoms with Crippen molar-refractivity contribution < 1.29 is 26.0 Å². The Bertz CT molecular complexity index is 1410. The molecule has 0 saturated heterocycles. The fraction of sp³-hybridized carbons (Fsp3) is 0.480. The van der Waals surface area contributed by atoms with Crippen LogP contribution in [-0.2, 0) is 10.0 Å². The van der Waals surface area contributed by atoms with Crippen LogP contribution in [0.1, 0.15) is 37.7 Å². The number of fused-ring (bicyclic) bond motifs is 1. The number of hydrogen-bond acceptors (Lipinski definition) is 7. The summed E-state index contributed by atoms with van der Waals surface area (Å²) in [6.45, 7) is 1.85. The average molecular weight is 555 g/mol. The van der Waals surface area contributed by atoms with E-state index in [0.717, 1.165) is 43.4 Å². The van der Waals surface area contributed by atoms with E-state index >= 15 is 0 Å². The molecule has 2 heterocycles. The van der Waals surface area contributed by atoms with E-state index in [9.17, 15) is 26.0 Å². The van der Waals surface area contributed by atoms with Crippen molar-refractivity contribution in [3.8, 4) is 11.3 Å². The summed E-state index contributed by atoms with van der Waals surface area (Å²) >= 11 is 0. The highest BCUT2D eigenvalue weighted by atomic mass is 32.2. The monoisotopic (exact) mass is 554 g/mol. The Hall–Kier alpha value is -3.06. The van der Waals surface area contributed by atoms with Gasteiger partial charge in [-0.1, -0.05) is 6.07 Å². The summed E-state index contributed by atoms with van der Waals surface area (Å²) in [5, 5.41) is 3.42. The predicted octanol–water partition coefficient (Wildman–Crippen LogP) is 5.12. The van der Waals surface area contributed by atoms with Gasteiger partial charge in [-0.05, 0) is 70.5 Å². The summed E-state index contributed by atoms with van der Waals surface area (Å²) in [5.41, 5.74) is 2.32. The highest BCUT2D eigenvalue weighted by molar-refractivity contribution is 7.92. The lowest BCUT2D eigenvalue weighted by Crippen LogP contribution is -2.36. The zero-order chi connectivity index (χ0) is 27.7. The molecule has 38 heavy (non-hydrogen) atoms. The molecule has 0 unspecified atom stereocenters. The van der Waals surface area contributed by atoms with Crippen molar-refractivity contribution in [1.82, 2.24) is 19.9 Å². The van der Waals surface area contributed by atoms with E-state index in [1.54, 1.807) is 12.3 Å². The van der Waals surface area contributed by atoms with Crippen molar-refractivity contribution in [2.75, 3.05) is 29.9 Å². The molecule has 1 aromatic carbocycles. The van der Waals surface area contributed by atoms with E-state index in [1.165, 1.54) is 6.07 Å². The molecule has 0 atom stereocenters. The molecule has 1 fully saturated rings. The quantitative estimate of drug-likeness (QED) is 0.373. The molecule has 206 valence electrons. The van der Waals surface area contributed by atoms with Gasteiger partial charge in [-0.2, -0.15) is 13.2 Å². The minimum absolute atomic E-state index is 0.295. The van der Waals surface area contributed by atoms with Gasteiger partial charge in [0.1, 0.15) is 11.3 Å². The number of anilines is 2. The second kappa shape index (κ2) is 11.0. The molecule has 0 radical (unpaired) electrons. The third kappa shape index (κ3) is 7.07. The van der Waals surface area contributed by atoms with Gasteiger partial charge in [0.05, 0.1) is 35.3 Å². The number of hydrogen-bond donors (Lipinski definition) is 2. The molecule has 0 aliphatic heterocycles. The lowest BCUT2D eigenvalue weighted by molar-refractivity contribution is -0.129. The standard InChI is InChI=1S/C25H30F4N6O2S/c1-15-12-21(16-4-9-20(19(26)13-16)34-38(36,37)11-10-25(27,28)29)32-22-14-30-24(33-23(15)22)31-17-5-7-18(8-6-17)35(2)3/h4,9,12-14,17-18,34H,5-8,10-11H2,1-3H3,(H,30,31,33)/t17-,18-. The summed E-state index contributed by atoms with van der Waals surface area (Å²) in [7, 11) is -0.177. The molecule has 1 aliphatic rings. The minimum Gasteiger partial charge on any atom is -0.351 e. The maximum atomic E-state index is 14.7. The molecule has 1 aliphatic carbocycles. The second-order valence-corrected chi connectivity index (χ2v) is 11.7. The molecule has 0 spiro atoms. The lowest BCUT2D eigenvalue weighted by atomic mass is 9.91. The third-order valence-corrected chi connectivity index (χ3v) is 7.95. The minimum atomic E-state index is -4.64. The number of pyridine rings is 1. The number of benzene rings is 1. The summed E-state index contributed by atoms with van der Waals surface area (Å²) in [6.07, 6.45) is -0.298. The van der Waals surface area contributed by atoms with Crippen LogP contribution < -0.4 is 10.0 Å². The van der Waals surface area contributed by atoms with E-state index in [0.29, 0.717) is 40.3 Å². The SMILES string of the molecule is Cc1cc(-c2ccc(NS(=O)(=O)CCC(F)(F)F)c(F)c2)nc2cnc(N[C@H]3CC[C@H](N(C)C)CC3)nc12. The van der Waals surface area contributed by atoms with Crippen LogP contribution in [0.2, 0.25) is 0 Å². The Balaban J connectivity index is 1.49. The number of rotatable bonds is 8. The van der Waals surface area contributed by atoms with Gasteiger partial charge in [0, 0.05) is 17.6 Å². The lowest BCUT2D eigenvalue weighted by Gasteiger charge is -2.32. The van der Waals surface area contributed by atoms with Gasteiger partial charge >= 0.3 is 6.18 Å². The maximum absolute atomic E-state index is 14.7. The molecule has 2 aromatic heterocycles. The van der Waals surface area contributed by atoms with Crippen molar-refractivity contribution in [3.63, 3.8) is 0 Å². The number of aromatic nitrogens is 3. The Labute approximate surface area is 218 Å². The van der Waals surface area contributed by atoms with Gasteiger partial charge in [-0.3, -0.25) is 4.72 Å². The number of aryl methyl sites for hydroxylation is 1. The van der Waals surface area contributed by atoms with Crippen LogP contribution in [0.4, 0.5) is 29.2 Å². The van der Waals surface area contributed by atoms with Gasteiger partial charge in [0.15, 0.2) is 0 Å². The predicted molar refractivity (Wildman–Crippen MR) is 139 cm³/mol. The number of nitrogens with one attached hydrogen (secondary N) is 2. The molecular formula is C25H30F4N6O2S. The van der Waals surface area contributed by atoms with Crippen LogP contribution in [-0.4, -0.2) is 66.4 Å². The number of nitrogens with zero attached hydrogens (tertiary/aromatic N) is 4. The molecule has 4 rings (SSSR count). The highest BCUT2D eigenvalue weighted by Gasteiger charge is 2.30. The fourth-order valence-corrected chi connectivity index (χ4v) is 5.65. The molecule has 2 N–H and O–H groups in total. The Morgan fingerprint density at radius 2 is 1.79 bits per heavy atom. The van der Waals surface area contributed by atoms with Crippen molar-refractivity contribution in [1.29, 1.82) is 0 Å². The van der Waals surface area contributed by atoms with Gasteiger partial charge in [0.2, 0.25) is 16.0 Å². The van der Waals surface area contributed by atoms with Crippen molar-refractivity contribution >= 4 is 32.7 Å². The number of alkyl halides is 3. The van der Waals surface area contributed by atoms with Crippen LogP contribution in [0.5, 0.6) is 0 Å². The van der Waals surface area contributed by atoms with Gasteiger partial charge in [-0.15, -0.1) is 0 Å². The molecular weight excluding hydrogens is 524 g/mol. The van der Waals surface area contributed by atoms with Gasteiger partial charge < -0.3 is 10.2 Å². The number of sulfonamides is 1. The summed E-state index contributed by atoms with van der Waals surface area (Å²) in [4.78, 5) is 15.8. The Kier molecular flexibility index (Phi) is 8.07. The third-order valence-electron chi connectivity index (χ3n) is 6.68. The van der Waals surface area contributed by atoms with Gasteiger partial charge in [-0.25, -0.2) is 27.8 Å². The molecule has 8 nitrogen and oxygen atoms in total. The number of halogens is 4. The maximum Gasteiger partial charge on any atom is 0.390 e. The molecule has 0 bridgehead atoms. The van der Waals surface area contributed by atoms with Crippen LogP contribution in [0.3, 0.4) is 0 Å². The molecule has 0 amide bonds. The topological polar surface area (TPSA) is 100 Å². The van der Waals surface area contributed by atoms with Crippen LogP contribution >= 0.6 is 0 Å². The van der Waals surface area contributed by atoms with Crippen LogP contribution in [0, 0.1) is 12.7 Å². The first-order valence-corrected chi connectivity index (χ1v) is 13.9. The first kappa shape index (κ1) is 28.0. The highest BCUT2D eigenvalue weighted by Crippen LogP contribution is 2.29. The Morgan fingerprint density at radius 1 is 1.08 bits per heavy atom. The molecule has 1 saturated carbocycles. The van der Waals surface area contributed by atoms with Crippen molar-refractivity contribution in [3.05, 3.63) is 41.8 Å². The fourth-order valence-electron chi connectivity index (χ4n) is 4.55. The normalized spacial score (nSPS) is 18.6. The first-order chi connectivity index (χ1) is 17.8. The summed E-state index contributed by atoms with van der Waals surface area (Å²) in [6, 6.07) is 6.30. The Morgan fingerprint density at radius 3 is 2.42 bits per heavy atom. The van der Waals surface area contributed by atoms with E-state index in [1.807, 2.05) is 11.6 Å². The van der Waals surface area contributed by atoms with E-state index in [4.69, 9.17) is 0 Å².